The zero-order chi connectivity index (χ0) is 21.3. The molecular weight excluding hydrogens is 385 g/mol. The topological polar surface area (TPSA) is 66.8 Å². The molecule has 0 aromatic heterocycles. The second kappa shape index (κ2) is 7.83. The number of ether oxygens (including phenoxy) is 1. The van der Waals surface area contributed by atoms with E-state index in [9.17, 15) is 19.1 Å². The Kier molecular flexibility index (Phi) is 5.06. The molecule has 1 saturated heterocycles. The van der Waals surface area contributed by atoms with Gasteiger partial charge < -0.3 is 9.84 Å². The van der Waals surface area contributed by atoms with Gasteiger partial charge >= 0.3 is 0 Å². The molecule has 150 valence electrons. The summed E-state index contributed by atoms with van der Waals surface area (Å²) < 4.78 is 19.2. The number of methoxy groups -OCH3 is 1. The van der Waals surface area contributed by atoms with Crippen LogP contribution in [0.2, 0.25) is 0 Å². The van der Waals surface area contributed by atoms with Gasteiger partial charge in [-0.05, 0) is 35.9 Å². The van der Waals surface area contributed by atoms with Crippen molar-refractivity contribution in [3.8, 4) is 5.75 Å². The molecule has 0 spiro atoms. The van der Waals surface area contributed by atoms with Crippen molar-refractivity contribution in [2.24, 2.45) is 0 Å². The maximum atomic E-state index is 13.9. The minimum atomic E-state index is -0.919. The number of rotatable bonds is 4. The van der Waals surface area contributed by atoms with Gasteiger partial charge in [0.05, 0.1) is 24.3 Å². The number of carbonyl (C=O) groups excluding carboxylic acids is 2. The van der Waals surface area contributed by atoms with Crippen molar-refractivity contribution in [2.75, 3.05) is 12.0 Å². The molecule has 0 bridgehead atoms. The predicted molar refractivity (Wildman–Crippen MR) is 111 cm³/mol. The number of aliphatic hydroxyl groups is 1. The van der Waals surface area contributed by atoms with Crippen molar-refractivity contribution >= 4 is 23.1 Å². The molecule has 3 aromatic rings. The molecule has 1 N–H and O–H groups in total. The van der Waals surface area contributed by atoms with Gasteiger partial charge in [0.25, 0.3) is 11.7 Å². The van der Waals surface area contributed by atoms with E-state index in [0.717, 1.165) is 0 Å². The van der Waals surface area contributed by atoms with Gasteiger partial charge in [0.2, 0.25) is 0 Å². The standard InChI is InChI=1S/C24H18FNO4/c1-30-19-13-6-5-12-18(19)22(27)20-21(15-8-3-2-4-9-15)26(24(29)23(20)28)17-11-7-10-16(25)14-17/h2-14,21,27H,1H3/b22-20+. The van der Waals surface area contributed by atoms with Crippen molar-refractivity contribution in [1.82, 2.24) is 0 Å². The fourth-order valence-electron chi connectivity index (χ4n) is 3.66. The number of anilines is 1. The molecule has 1 fully saturated rings. The Morgan fingerprint density at radius 3 is 2.37 bits per heavy atom. The third kappa shape index (κ3) is 3.22. The summed E-state index contributed by atoms with van der Waals surface area (Å²) in [5.74, 6) is -2.22. The fraction of sp³-hybridized carbons (Fsp3) is 0.0833. The zero-order valence-corrected chi connectivity index (χ0v) is 16.1. The van der Waals surface area contributed by atoms with Gasteiger partial charge in [-0.15, -0.1) is 0 Å². The molecular formula is C24H18FNO4. The first kappa shape index (κ1) is 19.4. The van der Waals surface area contributed by atoms with Gasteiger partial charge in [-0.1, -0.05) is 48.5 Å². The number of halogens is 1. The Labute approximate surface area is 172 Å². The highest BCUT2D eigenvalue weighted by molar-refractivity contribution is 6.51. The number of hydrogen-bond acceptors (Lipinski definition) is 4. The van der Waals surface area contributed by atoms with Gasteiger partial charge in [0, 0.05) is 5.69 Å². The highest BCUT2D eigenvalue weighted by atomic mass is 19.1. The van der Waals surface area contributed by atoms with E-state index in [4.69, 9.17) is 4.74 Å². The lowest BCUT2D eigenvalue weighted by Gasteiger charge is -2.25. The minimum absolute atomic E-state index is 0.0834. The van der Waals surface area contributed by atoms with Crippen molar-refractivity contribution in [1.29, 1.82) is 0 Å². The fourth-order valence-corrected chi connectivity index (χ4v) is 3.66. The lowest BCUT2D eigenvalue weighted by atomic mass is 9.95. The van der Waals surface area contributed by atoms with Gasteiger partial charge in [-0.25, -0.2) is 4.39 Å². The number of carbonyl (C=O) groups is 2. The second-order valence-corrected chi connectivity index (χ2v) is 6.76. The molecule has 6 heteroatoms. The van der Waals surface area contributed by atoms with E-state index >= 15 is 0 Å². The molecule has 3 aromatic carbocycles. The average Bonchev–Trinajstić information content (AvgIpc) is 3.04. The third-order valence-electron chi connectivity index (χ3n) is 5.01. The van der Waals surface area contributed by atoms with Crippen molar-refractivity contribution < 1.29 is 23.8 Å². The van der Waals surface area contributed by atoms with Crippen LogP contribution in [0.3, 0.4) is 0 Å². The van der Waals surface area contributed by atoms with Gasteiger partial charge in [0.15, 0.2) is 0 Å². The lowest BCUT2D eigenvalue weighted by molar-refractivity contribution is -0.132. The zero-order valence-electron chi connectivity index (χ0n) is 16.1. The van der Waals surface area contributed by atoms with Gasteiger partial charge in [-0.2, -0.15) is 0 Å². The Morgan fingerprint density at radius 2 is 1.67 bits per heavy atom. The Morgan fingerprint density at radius 1 is 0.967 bits per heavy atom. The molecule has 1 aliphatic heterocycles. The predicted octanol–water partition coefficient (Wildman–Crippen LogP) is 4.46. The van der Waals surface area contributed by atoms with E-state index in [2.05, 4.69) is 0 Å². The van der Waals surface area contributed by atoms with E-state index in [1.165, 1.54) is 30.2 Å². The van der Waals surface area contributed by atoms with Crippen LogP contribution in [0.5, 0.6) is 5.75 Å². The van der Waals surface area contributed by atoms with Crippen LogP contribution in [-0.4, -0.2) is 23.9 Å². The normalized spacial score (nSPS) is 17.9. The van der Waals surface area contributed by atoms with E-state index in [0.29, 0.717) is 11.3 Å². The van der Waals surface area contributed by atoms with Crippen LogP contribution in [0.25, 0.3) is 5.76 Å². The number of benzene rings is 3. The number of para-hydroxylation sites is 1. The van der Waals surface area contributed by atoms with Crippen LogP contribution in [0.15, 0.2) is 84.4 Å². The van der Waals surface area contributed by atoms with Crippen LogP contribution in [-0.2, 0) is 9.59 Å². The molecule has 4 rings (SSSR count). The Balaban J connectivity index is 1.97. The first-order valence-electron chi connectivity index (χ1n) is 9.28. The molecule has 1 amide bonds. The van der Waals surface area contributed by atoms with Crippen LogP contribution < -0.4 is 9.64 Å². The number of hydrogen-bond donors (Lipinski definition) is 1. The van der Waals surface area contributed by atoms with Gasteiger partial charge in [0.1, 0.15) is 17.3 Å². The maximum Gasteiger partial charge on any atom is 0.300 e. The number of Topliss-reactive ketones (excluding diaryl/α,β-unsaturated/α-hetero) is 1. The molecule has 1 unspecified atom stereocenters. The van der Waals surface area contributed by atoms with Crippen LogP contribution >= 0.6 is 0 Å². The summed E-state index contributed by atoms with van der Waals surface area (Å²) in [7, 11) is 1.45. The van der Waals surface area contributed by atoms with Crippen molar-refractivity contribution in [3.63, 3.8) is 0 Å². The third-order valence-corrected chi connectivity index (χ3v) is 5.01. The monoisotopic (exact) mass is 403 g/mol. The second-order valence-electron chi connectivity index (χ2n) is 6.76. The lowest BCUT2D eigenvalue weighted by Crippen LogP contribution is -2.29. The molecule has 1 heterocycles. The first-order valence-corrected chi connectivity index (χ1v) is 9.28. The number of ketones is 1. The minimum Gasteiger partial charge on any atom is -0.507 e. The number of aliphatic hydroxyl groups excluding tert-OH is 1. The molecule has 1 atom stereocenters. The van der Waals surface area contributed by atoms with Crippen molar-refractivity contribution in [2.45, 2.75) is 6.04 Å². The summed E-state index contributed by atoms with van der Waals surface area (Å²) >= 11 is 0. The smallest absolute Gasteiger partial charge is 0.300 e. The number of amides is 1. The van der Waals surface area contributed by atoms with E-state index in [1.54, 1.807) is 60.7 Å². The van der Waals surface area contributed by atoms with E-state index in [-0.39, 0.29) is 22.6 Å². The molecule has 5 nitrogen and oxygen atoms in total. The van der Waals surface area contributed by atoms with Gasteiger partial charge in [-0.3, -0.25) is 14.5 Å². The van der Waals surface area contributed by atoms with Crippen molar-refractivity contribution in [3.05, 3.63) is 101 Å². The SMILES string of the molecule is COc1ccccc1/C(O)=C1\C(=O)C(=O)N(c2cccc(F)c2)C1c1ccccc1. The average molecular weight is 403 g/mol. The molecule has 0 radical (unpaired) electrons. The molecule has 1 aliphatic rings. The molecule has 30 heavy (non-hydrogen) atoms. The summed E-state index contributed by atoms with van der Waals surface area (Å²) in [5, 5.41) is 11.1. The highest BCUT2D eigenvalue weighted by Gasteiger charge is 2.47. The Bertz CT molecular complexity index is 1160. The largest absolute Gasteiger partial charge is 0.507 e. The molecule has 0 saturated carbocycles. The quantitative estimate of drug-likeness (QED) is 0.397. The summed E-state index contributed by atoms with van der Waals surface area (Å²) in [4.78, 5) is 27.2. The summed E-state index contributed by atoms with van der Waals surface area (Å²) in [6.45, 7) is 0. The summed E-state index contributed by atoms with van der Waals surface area (Å²) in [6.07, 6.45) is 0. The summed E-state index contributed by atoms with van der Waals surface area (Å²) in [6, 6.07) is 20.0. The molecule has 0 aliphatic carbocycles. The Hall–Kier alpha value is -3.93. The highest BCUT2D eigenvalue weighted by Crippen LogP contribution is 2.43. The number of nitrogens with zero attached hydrogens (tertiary/aromatic N) is 1. The van der Waals surface area contributed by atoms with E-state index < -0.39 is 23.5 Å². The van der Waals surface area contributed by atoms with Crippen LogP contribution in [0.1, 0.15) is 17.2 Å². The summed E-state index contributed by atoms with van der Waals surface area (Å²) in [5.41, 5.74) is 1.04. The maximum absolute atomic E-state index is 13.9. The van der Waals surface area contributed by atoms with Crippen LogP contribution in [0, 0.1) is 5.82 Å². The first-order chi connectivity index (χ1) is 14.5. The van der Waals surface area contributed by atoms with Crippen LogP contribution in [0.4, 0.5) is 10.1 Å². The van der Waals surface area contributed by atoms with E-state index in [1.807, 2.05) is 0 Å².